The van der Waals surface area contributed by atoms with Crippen LogP contribution in [0, 0.1) is 12.7 Å². The van der Waals surface area contributed by atoms with E-state index in [1.807, 2.05) is 6.92 Å². The molecule has 0 spiro atoms. The zero-order chi connectivity index (χ0) is 16.4. The SMILES string of the molecule is CCn1c(C)nnc1CN1CCO[C@H](c2ccc(F)cc2Cl)C1. The summed E-state index contributed by atoms with van der Waals surface area (Å²) in [5, 5.41) is 8.82. The number of benzene rings is 1. The molecule has 3 rings (SSSR count). The first-order valence-corrected chi connectivity index (χ1v) is 8.14. The van der Waals surface area contributed by atoms with Gasteiger partial charge in [0.15, 0.2) is 0 Å². The van der Waals surface area contributed by atoms with E-state index in [4.69, 9.17) is 16.3 Å². The molecular weight excluding hydrogens is 319 g/mol. The lowest BCUT2D eigenvalue weighted by Crippen LogP contribution is -2.38. The zero-order valence-electron chi connectivity index (χ0n) is 13.3. The van der Waals surface area contributed by atoms with Gasteiger partial charge in [0.2, 0.25) is 0 Å². The maximum Gasteiger partial charge on any atom is 0.147 e. The molecule has 0 saturated carbocycles. The van der Waals surface area contributed by atoms with Crippen molar-refractivity contribution >= 4 is 11.6 Å². The molecule has 2 aromatic rings. The van der Waals surface area contributed by atoms with E-state index in [0.717, 1.165) is 30.3 Å². The number of halogens is 2. The van der Waals surface area contributed by atoms with Crippen LogP contribution in [-0.2, 0) is 17.8 Å². The Morgan fingerprint density at radius 3 is 2.96 bits per heavy atom. The predicted molar refractivity (Wildman–Crippen MR) is 85.8 cm³/mol. The second-order valence-corrected chi connectivity index (χ2v) is 6.08. The molecule has 5 nitrogen and oxygen atoms in total. The largest absolute Gasteiger partial charge is 0.371 e. The van der Waals surface area contributed by atoms with Gasteiger partial charge >= 0.3 is 0 Å². The molecule has 0 N–H and O–H groups in total. The van der Waals surface area contributed by atoms with Gasteiger partial charge in [-0.1, -0.05) is 17.7 Å². The van der Waals surface area contributed by atoms with Crippen LogP contribution in [0.15, 0.2) is 18.2 Å². The van der Waals surface area contributed by atoms with E-state index in [0.29, 0.717) is 24.7 Å². The normalized spacial score (nSPS) is 19.2. The lowest BCUT2D eigenvalue weighted by Gasteiger charge is -2.33. The van der Waals surface area contributed by atoms with Crippen LogP contribution in [0.4, 0.5) is 4.39 Å². The first-order chi connectivity index (χ1) is 11.1. The highest BCUT2D eigenvalue weighted by Gasteiger charge is 2.25. The quantitative estimate of drug-likeness (QED) is 0.859. The Labute approximate surface area is 140 Å². The average Bonchev–Trinajstić information content (AvgIpc) is 2.87. The maximum atomic E-state index is 13.2. The number of hydrogen-bond acceptors (Lipinski definition) is 4. The minimum Gasteiger partial charge on any atom is -0.371 e. The van der Waals surface area contributed by atoms with Gasteiger partial charge in [-0.2, -0.15) is 0 Å². The second-order valence-electron chi connectivity index (χ2n) is 5.67. The summed E-state index contributed by atoms with van der Waals surface area (Å²) >= 11 is 6.16. The van der Waals surface area contributed by atoms with E-state index in [9.17, 15) is 4.39 Å². The Morgan fingerprint density at radius 2 is 2.22 bits per heavy atom. The molecular formula is C16H20ClFN4O. The monoisotopic (exact) mass is 338 g/mol. The summed E-state index contributed by atoms with van der Waals surface area (Å²) in [7, 11) is 0. The van der Waals surface area contributed by atoms with Gasteiger partial charge in [-0.15, -0.1) is 10.2 Å². The molecule has 1 aliphatic heterocycles. The highest BCUT2D eigenvalue weighted by molar-refractivity contribution is 6.31. The van der Waals surface area contributed by atoms with Crippen LogP contribution in [0.25, 0.3) is 0 Å². The van der Waals surface area contributed by atoms with Crippen molar-refractivity contribution in [3.63, 3.8) is 0 Å². The Morgan fingerprint density at radius 1 is 1.39 bits per heavy atom. The smallest absolute Gasteiger partial charge is 0.147 e. The van der Waals surface area contributed by atoms with Crippen LogP contribution < -0.4 is 0 Å². The molecule has 0 amide bonds. The van der Waals surface area contributed by atoms with Crippen LogP contribution in [0.3, 0.4) is 0 Å². The van der Waals surface area contributed by atoms with Gasteiger partial charge < -0.3 is 9.30 Å². The van der Waals surface area contributed by atoms with Gasteiger partial charge in [0, 0.05) is 30.2 Å². The zero-order valence-corrected chi connectivity index (χ0v) is 14.1. The van der Waals surface area contributed by atoms with Crippen LogP contribution in [0.5, 0.6) is 0 Å². The summed E-state index contributed by atoms with van der Waals surface area (Å²) in [5.41, 5.74) is 0.825. The minimum atomic E-state index is -0.335. The number of morpholine rings is 1. The van der Waals surface area contributed by atoms with E-state index in [1.54, 1.807) is 6.07 Å². The number of ether oxygens (including phenoxy) is 1. The predicted octanol–water partition coefficient (Wildman–Crippen LogP) is 2.97. The van der Waals surface area contributed by atoms with Crippen molar-refractivity contribution in [2.75, 3.05) is 19.7 Å². The van der Waals surface area contributed by atoms with E-state index in [2.05, 4.69) is 26.6 Å². The molecule has 1 atom stereocenters. The number of aryl methyl sites for hydroxylation is 1. The van der Waals surface area contributed by atoms with Gasteiger partial charge in [0.25, 0.3) is 0 Å². The third-order valence-electron chi connectivity index (χ3n) is 4.15. The number of rotatable bonds is 4. The molecule has 124 valence electrons. The van der Waals surface area contributed by atoms with Crippen molar-refractivity contribution in [2.45, 2.75) is 33.0 Å². The standard InChI is InChI=1S/C16H20ClFN4O/c1-3-22-11(2)19-20-16(22)10-21-6-7-23-15(9-21)13-5-4-12(18)8-14(13)17/h4-5,8,15H,3,6-7,9-10H2,1-2H3/t15-/m0/s1. The van der Waals surface area contributed by atoms with Gasteiger partial charge in [-0.3, -0.25) is 4.90 Å². The van der Waals surface area contributed by atoms with Crippen molar-refractivity contribution in [2.24, 2.45) is 0 Å². The van der Waals surface area contributed by atoms with Crippen molar-refractivity contribution in [1.29, 1.82) is 0 Å². The molecule has 1 aromatic heterocycles. The summed E-state index contributed by atoms with van der Waals surface area (Å²) in [5.74, 6) is 1.54. The fraction of sp³-hybridized carbons (Fsp3) is 0.500. The Bertz CT molecular complexity index is 691. The summed E-state index contributed by atoms with van der Waals surface area (Å²) in [6.07, 6.45) is -0.157. The molecule has 0 aliphatic carbocycles. The van der Waals surface area contributed by atoms with Crippen molar-refractivity contribution < 1.29 is 9.13 Å². The first kappa shape index (κ1) is 16.4. The van der Waals surface area contributed by atoms with E-state index in [-0.39, 0.29) is 11.9 Å². The third kappa shape index (κ3) is 3.54. The molecule has 0 radical (unpaired) electrons. The van der Waals surface area contributed by atoms with E-state index in [1.165, 1.54) is 12.1 Å². The molecule has 1 aromatic carbocycles. The average molecular weight is 339 g/mol. The summed E-state index contributed by atoms with van der Waals surface area (Å²) in [4.78, 5) is 2.27. The van der Waals surface area contributed by atoms with Crippen molar-refractivity contribution in [1.82, 2.24) is 19.7 Å². The number of aromatic nitrogens is 3. The molecule has 0 unspecified atom stereocenters. The van der Waals surface area contributed by atoms with Gasteiger partial charge in [0.1, 0.15) is 17.5 Å². The fourth-order valence-corrected chi connectivity index (χ4v) is 3.24. The Hall–Kier alpha value is -1.50. The maximum absolute atomic E-state index is 13.2. The first-order valence-electron chi connectivity index (χ1n) is 7.76. The van der Waals surface area contributed by atoms with Crippen LogP contribution >= 0.6 is 11.6 Å². The molecule has 1 fully saturated rings. The Balaban J connectivity index is 1.73. The van der Waals surface area contributed by atoms with Crippen molar-refractivity contribution in [3.05, 3.63) is 46.3 Å². The molecule has 2 heterocycles. The summed E-state index contributed by atoms with van der Waals surface area (Å²) in [6.45, 7) is 7.74. The molecule has 1 saturated heterocycles. The number of hydrogen-bond donors (Lipinski definition) is 0. The fourth-order valence-electron chi connectivity index (χ4n) is 2.95. The lowest BCUT2D eigenvalue weighted by molar-refractivity contribution is -0.0339. The Kier molecular flexibility index (Phi) is 4.94. The van der Waals surface area contributed by atoms with Gasteiger partial charge in [0.05, 0.1) is 19.3 Å². The highest BCUT2D eigenvalue weighted by Crippen LogP contribution is 2.29. The van der Waals surface area contributed by atoms with Crippen molar-refractivity contribution in [3.8, 4) is 0 Å². The summed E-state index contributed by atoms with van der Waals surface area (Å²) in [6, 6.07) is 4.45. The molecule has 7 heteroatoms. The molecule has 23 heavy (non-hydrogen) atoms. The van der Waals surface area contributed by atoms with Gasteiger partial charge in [-0.05, 0) is 26.0 Å². The lowest BCUT2D eigenvalue weighted by atomic mass is 10.1. The van der Waals surface area contributed by atoms with Crippen LogP contribution in [0.1, 0.15) is 30.2 Å². The topological polar surface area (TPSA) is 43.2 Å². The van der Waals surface area contributed by atoms with Gasteiger partial charge in [-0.25, -0.2) is 4.39 Å². The molecule has 1 aliphatic rings. The van der Waals surface area contributed by atoms with Crippen LogP contribution in [-0.4, -0.2) is 39.4 Å². The van der Waals surface area contributed by atoms with E-state index < -0.39 is 0 Å². The highest BCUT2D eigenvalue weighted by atomic mass is 35.5. The third-order valence-corrected chi connectivity index (χ3v) is 4.48. The van der Waals surface area contributed by atoms with E-state index >= 15 is 0 Å². The second kappa shape index (κ2) is 6.95. The van der Waals surface area contributed by atoms with Crippen LogP contribution in [0.2, 0.25) is 5.02 Å². The summed E-state index contributed by atoms with van der Waals surface area (Å²) < 4.78 is 21.1. The minimum absolute atomic E-state index is 0.157. The number of nitrogens with zero attached hydrogens (tertiary/aromatic N) is 4. The molecule has 0 bridgehead atoms.